The van der Waals surface area contributed by atoms with E-state index in [2.05, 4.69) is 54.5 Å². The van der Waals surface area contributed by atoms with Gasteiger partial charge in [0, 0.05) is 6.42 Å². The molecule has 0 aromatic carbocycles. The minimum atomic E-state index is -4.41. The van der Waals surface area contributed by atoms with Gasteiger partial charge in [0.1, 0.15) is 30.7 Å². The summed E-state index contributed by atoms with van der Waals surface area (Å²) in [4.78, 5) is 30.6. The molecule has 2 fully saturated rings. The number of nitrogens with two attached hydrogens (primary N) is 2. The van der Waals surface area contributed by atoms with Gasteiger partial charge in [-0.2, -0.15) is 10.1 Å². The summed E-state index contributed by atoms with van der Waals surface area (Å²) in [6, 6.07) is 0. The summed E-state index contributed by atoms with van der Waals surface area (Å²) in [6.45, 7) is -5.62. The van der Waals surface area contributed by atoms with Crippen LogP contribution in [0.1, 0.15) is 24.4 Å². The van der Waals surface area contributed by atoms with Crippen LogP contribution in [0.3, 0.4) is 0 Å². The molecule has 44 heavy (non-hydrogen) atoms. The molecule has 0 radical (unpaired) electrons. The zero-order chi connectivity index (χ0) is 31.3. The smallest absolute Gasteiger partial charge is 0.386 e. The maximum atomic E-state index is 15.4. The molecule has 0 spiro atoms. The molecule has 6 heterocycles. The molecule has 2 aliphatic rings. The first-order valence-corrected chi connectivity index (χ1v) is 18.0. The normalized spacial score (nSPS) is 29.4. The number of anilines is 2. The lowest BCUT2D eigenvalue weighted by Crippen LogP contribution is -2.32. The van der Waals surface area contributed by atoms with Crippen molar-refractivity contribution >= 4 is 67.1 Å². The van der Waals surface area contributed by atoms with Gasteiger partial charge in [0.05, 0.1) is 37.5 Å². The van der Waals surface area contributed by atoms with Crippen molar-refractivity contribution in [3.63, 3.8) is 0 Å². The molecule has 24 heteroatoms. The average molecular weight is 695 g/mol. The van der Waals surface area contributed by atoms with Crippen molar-refractivity contribution in [2.75, 3.05) is 24.7 Å². The van der Waals surface area contributed by atoms with Crippen molar-refractivity contribution in [2.45, 2.75) is 49.3 Å². The van der Waals surface area contributed by atoms with E-state index in [1.54, 1.807) is 0 Å². The molecule has 238 valence electrons. The van der Waals surface area contributed by atoms with Crippen molar-refractivity contribution in [1.29, 1.82) is 0 Å². The number of aromatic nitrogens is 8. The number of aliphatic hydroxyl groups excluding tert-OH is 1. The second kappa shape index (κ2) is 12.3. The molecule has 6 rings (SSSR count). The number of imidazole rings is 2. The minimum absolute atomic E-state index is 0.0719. The number of nitrogen functional groups attached to an aromatic ring is 2. The van der Waals surface area contributed by atoms with E-state index in [9.17, 15) is 19.0 Å². The molecule has 4 aromatic heterocycles. The number of hydrogen-bond donors (Lipinski definition) is 6. The number of ether oxygens (including phenoxy) is 2. The first-order valence-electron chi connectivity index (χ1n) is 12.7. The number of nitrogens with zero attached hydrogens (tertiary/aromatic N) is 7. The highest BCUT2D eigenvalue weighted by molar-refractivity contribution is 8.44. The Morgan fingerprint density at radius 3 is 2.80 bits per heavy atom. The zero-order valence-electron chi connectivity index (χ0n) is 22.1. The minimum Gasteiger partial charge on any atom is -0.394 e. The van der Waals surface area contributed by atoms with Crippen LogP contribution in [0.2, 0.25) is 0 Å². The number of thiol groups is 2. The zero-order valence-corrected chi connectivity index (χ0v) is 25.8. The summed E-state index contributed by atoms with van der Waals surface area (Å²) >= 11 is 7.88. The number of alkyl halides is 1. The van der Waals surface area contributed by atoms with Gasteiger partial charge in [0.2, 0.25) is 13.2 Å². The predicted octanol–water partition coefficient (Wildman–Crippen LogP) is 0.624. The Kier molecular flexibility index (Phi) is 8.74. The number of halogens is 1. The molecule has 19 nitrogen and oxygen atoms in total. The van der Waals surface area contributed by atoms with Crippen LogP contribution in [0.4, 0.5) is 16.2 Å². The maximum absolute atomic E-state index is 15.4. The van der Waals surface area contributed by atoms with Gasteiger partial charge >= 0.3 is 6.80 Å². The predicted molar refractivity (Wildman–Crippen MR) is 156 cm³/mol. The third kappa shape index (κ3) is 5.98. The van der Waals surface area contributed by atoms with Crippen LogP contribution in [0.25, 0.3) is 16.8 Å². The van der Waals surface area contributed by atoms with Crippen LogP contribution in [-0.4, -0.2) is 88.0 Å². The fourth-order valence-electron chi connectivity index (χ4n) is 5.04. The van der Waals surface area contributed by atoms with Gasteiger partial charge in [0.15, 0.2) is 35.0 Å². The molecule has 6 N–H and O–H groups in total. The van der Waals surface area contributed by atoms with Crippen LogP contribution in [0.15, 0.2) is 23.6 Å². The van der Waals surface area contributed by atoms with Crippen LogP contribution in [0, 0.1) is 0 Å². The monoisotopic (exact) mass is 694 g/mol. The van der Waals surface area contributed by atoms with Gasteiger partial charge in [-0.1, -0.05) is 24.5 Å². The van der Waals surface area contributed by atoms with Crippen molar-refractivity contribution < 1.29 is 41.7 Å². The van der Waals surface area contributed by atoms with E-state index in [0.717, 1.165) is 10.9 Å². The highest BCUT2D eigenvalue weighted by atomic mass is 32.7. The summed E-state index contributed by atoms with van der Waals surface area (Å²) in [6.07, 6.45) is -4.98. The molecule has 2 saturated heterocycles. The third-order valence-electron chi connectivity index (χ3n) is 6.97. The number of hydrogen-bond acceptors (Lipinski definition) is 16. The van der Waals surface area contributed by atoms with E-state index in [1.165, 1.54) is 17.0 Å². The van der Waals surface area contributed by atoms with Gasteiger partial charge in [0.25, 0.3) is 5.56 Å². The van der Waals surface area contributed by atoms with Crippen molar-refractivity contribution in [3.05, 3.63) is 34.9 Å². The summed E-state index contributed by atoms with van der Waals surface area (Å²) in [5.41, 5.74) is 11.4. The number of fused-ring (bicyclic) bond motifs is 2. The Balaban J connectivity index is 1.20. The van der Waals surface area contributed by atoms with Crippen LogP contribution in [0.5, 0.6) is 0 Å². The quantitative estimate of drug-likeness (QED) is 0.0982. The van der Waals surface area contributed by atoms with Crippen LogP contribution in [-0.2, 0) is 32.2 Å². The first-order chi connectivity index (χ1) is 21.0. The molecule has 0 aliphatic carbocycles. The Hall–Kier alpha value is -2.65. The Labute approximate surface area is 256 Å². The number of nitrogens with one attached hydrogen (secondary N) is 1. The summed E-state index contributed by atoms with van der Waals surface area (Å²) in [7, 11) is -2.75. The molecule has 9 atom stereocenters. The Morgan fingerprint density at radius 2 is 2.05 bits per heavy atom. The molecule has 0 saturated carbocycles. The molecule has 0 amide bonds. The van der Waals surface area contributed by atoms with E-state index < -0.39 is 75.7 Å². The highest BCUT2D eigenvalue weighted by Gasteiger charge is 2.50. The van der Waals surface area contributed by atoms with E-state index in [4.69, 9.17) is 34.5 Å². The van der Waals surface area contributed by atoms with Crippen LogP contribution < -0.4 is 17.0 Å². The molecule has 2 unspecified atom stereocenters. The lowest BCUT2D eigenvalue weighted by Gasteiger charge is -2.25. The second-order valence-corrected chi connectivity index (χ2v) is 14.4. The van der Waals surface area contributed by atoms with E-state index in [1.807, 2.05) is 0 Å². The number of rotatable bonds is 10. The fourth-order valence-corrected chi connectivity index (χ4v) is 7.40. The molecule has 2 aliphatic heterocycles. The van der Waals surface area contributed by atoms with Gasteiger partial charge in [-0.3, -0.25) is 28.0 Å². The fraction of sp³-hybridized carbons (Fsp3) is 0.500. The molecular weight excluding hydrogens is 669 g/mol. The molecule has 4 aromatic rings. The number of H-pyrrole nitrogens is 1. The summed E-state index contributed by atoms with van der Waals surface area (Å²) in [5.74, 6) is -0.0993. The second-order valence-electron chi connectivity index (χ2n) is 9.69. The van der Waals surface area contributed by atoms with Gasteiger partial charge in [-0.25, -0.2) is 28.4 Å². The number of aliphatic hydroxyl groups is 1. The summed E-state index contributed by atoms with van der Waals surface area (Å²) in [5, 5.41) is 13.8. The first kappa shape index (κ1) is 31.3. The Morgan fingerprint density at radius 1 is 1.25 bits per heavy atom. The average Bonchev–Trinajstić information content (AvgIpc) is 3.73. The summed E-state index contributed by atoms with van der Waals surface area (Å²) < 4.78 is 71.4. The van der Waals surface area contributed by atoms with Gasteiger partial charge in [-0.05, 0) is 0 Å². The third-order valence-corrected chi connectivity index (χ3v) is 9.40. The lowest BCUT2D eigenvalue weighted by atomic mass is 10.1. The SMILES string of the molecule is Nc1nc2c(ncn2[C@@H]2O[C@H](CO)[C@@H](F)[C@H]2OP(=O)(S)OC[C@H]2O[C@@H](c3cnc4c(N)ncnn34)C[C@@H]2O[PH](=O)S)c(=O)[nH]1. The maximum Gasteiger partial charge on any atom is 0.386 e. The van der Waals surface area contributed by atoms with Crippen molar-refractivity contribution in [3.8, 4) is 0 Å². The topological polar surface area (TPSA) is 259 Å². The van der Waals surface area contributed by atoms with Crippen molar-refractivity contribution in [2.24, 2.45) is 0 Å². The van der Waals surface area contributed by atoms with Gasteiger partial charge in [-0.15, -0.1) is 0 Å². The highest BCUT2D eigenvalue weighted by Crippen LogP contribution is 2.57. The standard InChI is InChI=1S/C20H25FN10O9P2S2/c21-12-10(3-32)38-19(30-6-26-13-16(30)28-20(23)29-18(13)33)14(12)40-42(35,44)36-4-11-9(39-41(34)43)1-8(37-11)7-2-24-17-15(22)25-5-27-31(7)17/h2,5-6,8-12,14,19,32,41H,1,3-4H2,(H,34,43)(H,35,44)(H2,22,25,27)(H3,23,28,29,33)/t8-,9+,10-,11-,12-,14-,19-,42?/m1/s1. The largest absolute Gasteiger partial charge is 0.394 e. The molecule has 0 bridgehead atoms. The number of aromatic amines is 1. The van der Waals surface area contributed by atoms with Gasteiger partial charge < -0.3 is 30.6 Å². The molecular formula is C20H25FN10O9P2S2. The Bertz CT molecular complexity index is 1830. The lowest BCUT2D eigenvalue weighted by molar-refractivity contribution is -0.0486. The van der Waals surface area contributed by atoms with E-state index in [-0.39, 0.29) is 29.4 Å². The van der Waals surface area contributed by atoms with E-state index in [0.29, 0.717) is 11.3 Å². The van der Waals surface area contributed by atoms with Crippen LogP contribution >= 0.6 is 38.5 Å². The van der Waals surface area contributed by atoms with E-state index >= 15 is 4.39 Å². The van der Waals surface area contributed by atoms with Crippen molar-refractivity contribution in [1.82, 2.24) is 39.1 Å².